The second-order valence-corrected chi connectivity index (χ2v) is 6.86. The number of benzene rings is 3. The van der Waals surface area contributed by atoms with E-state index >= 15 is 0 Å². The minimum absolute atomic E-state index is 0.0137. The summed E-state index contributed by atoms with van der Waals surface area (Å²) in [6, 6.07) is 16.2. The lowest BCUT2D eigenvalue weighted by Crippen LogP contribution is -2.04. The third kappa shape index (κ3) is 6.01. The van der Waals surface area contributed by atoms with Gasteiger partial charge < -0.3 is 9.47 Å². The zero-order valence-electron chi connectivity index (χ0n) is 18.0. The average Bonchev–Trinajstić information content (AvgIpc) is 2.85. The van der Waals surface area contributed by atoms with E-state index in [2.05, 4.69) is 13.2 Å². The number of carbonyl (C=O) groups is 2. The third-order valence-corrected chi connectivity index (χ3v) is 4.62. The van der Waals surface area contributed by atoms with Crippen molar-refractivity contribution in [2.24, 2.45) is 0 Å². The fourth-order valence-corrected chi connectivity index (χ4v) is 2.92. The molecule has 0 atom stereocenters. The first-order chi connectivity index (χ1) is 16.4. The van der Waals surface area contributed by atoms with Crippen LogP contribution in [0.3, 0.4) is 0 Å². The zero-order chi connectivity index (χ0) is 24.5. The lowest BCUT2D eigenvalue weighted by Gasteiger charge is -2.07. The van der Waals surface area contributed by atoms with E-state index in [0.717, 1.165) is 12.2 Å². The summed E-state index contributed by atoms with van der Waals surface area (Å²) in [6.07, 6.45) is 7.87. The molecule has 0 aliphatic rings. The van der Waals surface area contributed by atoms with E-state index in [1.54, 1.807) is 48.5 Å². The van der Waals surface area contributed by atoms with Gasteiger partial charge in [0.25, 0.3) is 0 Å². The highest BCUT2D eigenvalue weighted by Crippen LogP contribution is 2.25. The smallest absolute Gasteiger partial charge is 0.335 e. The molecule has 0 unspecified atom stereocenters. The van der Waals surface area contributed by atoms with Gasteiger partial charge in [-0.25, -0.2) is 18.4 Å². The molecule has 3 aromatic rings. The van der Waals surface area contributed by atoms with Gasteiger partial charge in [-0.2, -0.15) is 0 Å². The molecule has 0 aliphatic heterocycles. The quantitative estimate of drug-likeness (QED) is 0.168. The molecular weight excluding hydrogens is 438 g/mol. The molecule has 0 bridgehead atoms. The van der Waals surface area contributed by atoms with E-state index in [-0.39, 0.29) is 22.6 Å². The Morgan fingerprint density at radius 1 is 0.588 bits per heavy atom. The predicted molar refractivity (Wildman–Crippen MR) is 129 cm³/mol. The standard InChI is InChI=1S/C28H20F2O4/c1-3-25(31)33-23-11-7-5-9-19(23)13-15-21-17-18-22(28(30)27(21)29)16-14-20-10-6-8-12-24(20)34-26(32)4-2/h3-18H,1-2H2/b15-13+,16-14+. The molecule has 0 aliphatic carbocycles. The Kier molecular flexibility index (Phi) is 8.02. The average molecular weight is 458 g/mol. The van der Waals surface area contributed by atoms with Crippen LogP contribution in [0.25, 0.3) is 24.3 Å². The van der Waals surface area contributed by atoms with Crippen LogP contribution in [0.1, 0.15) is 22.3 Å². The van der Waals surface area contributed by atoms with E-state index in [1.807, 2.05) is 0 Å². The van der Waals surface area contributed by atoms with Gasteiger partial charge in [-0.15, -0.1) is 0 Å². The maximum absolute atomic E-state index is 14.7. The van der Waals surface area contributed by atoms with Gasteiger partial charge in [-0.1, -0.05) is 86.0 Å². The lowest BCUT2D eigenvalue weighted by molar-refractivity contribution is -0.129. The first-order valence-corrected chi connectivity index (χ1v) is 10.1. The number of hydrogen-bond donors (Lipinski definition) is 0. The Hall–Kier alpha value is -4.58. The molecule has 3 rings (SSSR count). The number of esters is 2. The normalized spacial score (nSPS) is 10.9. The van der Waals surface area contributed by atoms with Gasteiger partial charge >= 0.3 is 11.9 Å². The molecule has 0 aromatic heterocycles. The van der Waals surface area contributed by atoms with Crippen LogP contribution in [-0.4, -0.2) is 11.9 Å². The highest BCUT2D eigenvalue weighted by Gasteiger charge is 2.11. The number of hydrogen-bond acceptors (Lipinski definition) is 4. The van der Waals surface area contributed by atoms with Crippen LogP contribution in [0, 0.1) is 11.6 Å². The van der Waals surface area contributed by atoms with Gasteiger partial charge in [0.05, 0.1) is 0 Å². The molecule has 0 heterocycles. The van der Waals surface area contributed by atoms with Crippen molar-refractivity contribution in [3.05, 3.63) is 120 Å². The highest BCUT2D eigenvalue weighted by atomic mass is 19.2. The van der Waals surface area contributed by atoms with Crippen LogP contribution < -0.4 is 9.47 Å². The Bertz CT molecular complexity index is 1210. The Balaban J connectivity index is 1.85. The van der Waals surface area contributed by atoms with Gasteiger partial charge in [0.15, 0.2) is 11.6 Å². The van der Waals surface area contributed by atoms with Crippen LogP contribution in [0.2, 0.25) is 0 Å². The van der Waals surface area contributed by atoms with Crippen molar-refractivity contribution in [1.82, 2.24) is 0 Å². The Labute approximate surface area is 195 Å². The van der Waals surface area contributed by atoms with Crippen LogP contribution in [0.4, 0.5) is 8.78 Å². The van der Waals surface area contributed by atoms with Crippen molar-refractivity contribution in [3.8, 4) is 11.5 Å². The summed E-state index contributed by atoms with van der Waals surface area (Å²) in [7, 11) is 0. The number of para-hydroxylation sites is 2. The summed E-state index contributed by atoms with van der Waals surface area (Å²) >= 11 is 0. The second-order valence-electron chi connectivity index (χ2n) is 6.86. The summed E-state index contributed by atoms with van der Waals surface area (Å²) in [5, 5.41) is 0. The van der Waals surface area contributed by atoms with E-state index in [1.165, 1.54) is 36.4 Å². The fourth-order valence-electron chi connectivity index (χ4n) is 2.92. The molecule has 3 aromatic carbocycles. The van der Waals surface area contributed by atoms with Gasteiger partial charge in [-0.05, 0) is 12.1 Å². The number of carbonyl (C=O) groups excluding carboxylic acids is 2. The molecule has 34 heavy (non-hydrogen) atoms. The Morgan fingerprint density at radius 3 is 1.32 bits per heavy atom. The van der Waals surface area contributed by atoms with Crippen molar-refractivity contribution < 1.29 is 27.8 Å². The van der Waals surface area contributed by atoms with Crippen molar-refractivity contribution in [3.63, 3.8) is 0 Å². The Morgan fingerprint density at radius 2 is 0.941 bits per heavy atom. The predicted octanol–water partition coefficient (Wildman–Crippen LogP) is 6.49. The van der Waals surface area contributed by atoms with E-state index in [0.29, 0.717) is 11.1 Å². The molecule has 0 N–H and O–H groups in total. The van der Waals surface area contributed by atoms with E-state index in [9.17, 15) is 18.4 Å². The van der Waals surface area contributed by atoms with E-state index in [4.69, 9.17) is 9.47 Å². The first-order valence-electron chi connectivity index (χ1n) is 10.1. The van der Waals surface area contributed by atoms with Gasteiger partial charge in [0, 0.05) is 34.4 Å². The minimum Gasteiger partial charge on any atom is -0.423 e. The van der Waals surface area contributed by atoms with Crippen molar-refractivity contribution in [2.75, 3.05) is 0 Å². The molecule has 0 fully saturated rings. The molecule has 0 radical (unpaired) electrons. The van der Waals surface area contributed by atoms with Crippen molar-refractivity contribution in [2.45, 2.75) is 0 Å². The fraction of sp³-hybridized carbons (Fsp3) is 0. The summed E-state index contributed by atoms with van der Waals surface area (Å²) in [5.41, 5.74) is 1.04. The van der Waals surface area contributed by atoms with Crippen LogP contribution in [0.5, 0.6) is 11.5 Å². The zero-order valence-corrected chi connectivity index (χ0v) is 18.0. The minimum atomic E-state index is -1.04. The molecule has 4 nitrogen and oxygen atoms in total. The maximum Gasteiger partial charge on any atom is 0.335 e. The van der Waals surface area contributed by atoms with E-state index < -0.39 is 23.6 Å². The second kappa shape index (κ2) is 11.3. The molecule has 170 valence electrons. The molecule has 0 saturated carbocycles. The highest BCUT2D eigenvalue weighted by molar-refractivity contribution is 5.85. The van der Waals surface area contributed by atoms with Crippen LogP contribution >= 0.6 is 0 Å². The summed E-state index contributed by atoms with van der Waals surface area (Å²) in [6.45, 7) is 6.70. The number of ether oxygens (including phenoxy) is 2. The van der Waals surface area contributed by atoms with Gasteiger partial charge in [0.1, 0.15) is 11.5 Å². The lowest BCUT2D eigenvalue weighted by atomic mass is 10.1. The molecule has 0 amide bonds. The first kappa shape index (κ1) is 24.1. The summed E-state index contributed by atoms with van der Waals surface area (Å²) in [5.74, 6) is -2.81. The van der Waals surface area contributed by atoms with Gasteiger partial charge in [-0.3, -0.25) is 0 Å². The SMILES string of the molecule is C=CC(=O)Oc1ccccc1/C=C/c1ccc(/C=C/c2ccccc2OC(=O)C=C)c(F)c1F. The van der Waals surface area contributed by atoms with Crippen LogP contribution in [0.15, 0.2) is 86.0 Å². The summed E-state index contributed by atoms with van der Waals surface area (Å²) < 4.78 is 39.7. The third-order valence-electron chi connectivity index (χ3n) is 4.62. The number of rotatable bonds is 8. The topological polar surface area (TPSA) is 52.6 Å². The monoisotopic (exact) mass is 458 g/mol. The number of halogens is 2. The molecule has 6 heteroatoms. The summed E-state index contributed by atoms with van der Waals surface area (Å²) in [4.78, 5) is 23.0. The van der Waals surface area contributed by atoms with Gasteiger partial charge in [0.2, 0.25) is 0 Å². The van der Waals surface area contributed by atoms with Crippen molar-refractivity contribution >= 4 is 36.2 Å². The van der Waals surface area contributed by atoms with Crippen molar-refractivity contribution in [1.29, 1.82) is 0 Å². The molecule has 0 spiro atoms. The molecular formula is C28H20F2O4. The largest absolute Gasteiger partial charge is 0.423 e. The molecule has 0 saturated heterocycles. The maximum atomic E-state index is 14.7. The van der Waals surface area contributed by atoms with Crippen LogP contribution in [-0.2, 0) is 9.59 Å².